The monoisotopic (exact) mass is 280 g/mol. The Bertz CT molecular complexity index is 521. The maximum Gasteiger partial charge on any atom is 0.249 e. The molecule has 5 nitrogen and oxygen atoms in total. The maximum atomic E-state index is 13.8. The van der Waals surface area contributed by atoms with E-state index in [1.807, 2.05) is 0 Å². The lowest BCUT2D eigenvalue weighted by Gasteiger charge is -2.39. The molecule has 0 radical (unpaired) electrons. The van der Waals surface area contributed by atoms with Crippen molar-refractivity contribution in [3.63, 3.8) is 0 Å². The summed E-state index contributed by atoms with van der Waals surface area (Å²) in [6, 6.07) is 5.51. The molecule has 1 fully saturated rings. The highest BCUT2D eigenvalue weighted by molar-refractivity contribution is 6.00. The zero-order valence-electron chi connectivity index (χ0n) is 11.5. The summed E-state index contributed by atoms with van der Waals surface area (Å²) in [4.78, 5) is 27.0. The van der Waals surface area contributed by atoms with Gasteiger partial charge >= 0.3 is 0 Å². The van der Waals surface area contributed by atoms with Crippen molar-refractivity contribution in [2.45, 2.75) is 13.0 Å². The Hall–Kier alpha value is -1.95. The van der Waals surface area contributed by atoms with Crippen LogP contribution in [0.2, 0.25) is 0 Å². The number of ether oxygens (including phenoxy) is 1. The van der Waals surface area contributed by atoms with E-state index in [1.54, 1.807) is 25.1 Å². The van der Waals surface area contributed by atoms with Gasteiger partial charge in [-0.2, -0.15) is 0 Å². The van der Waals surface area contributed by atoms with E-state index in [2.05, 4.69) is 0 Å². The Morgan fingerprint density at radius 2 is 2.10 bits per heavy atom. The Morgan fingerprint density at radius 3 is 2.75 bits per heavy atom. The van der Waals surface area contributed by atoms with Gasteiger partial charge in [-0.3, -0.25) is 9.59 Å². The fourth-order valence-electron chi connectivity index (χ4n) is 2.33. The Kier molecular flexibility index (Phi) is 4.34. The van der Waals surface area contributed by atoms with Gasteiger partial charge in [-0.05, 0) is 19.1 Å². The summed E-state index contributed by atoms with van der Waals surface area (Å²) in [5, 5.41) is 0. The fraction of sp³-hybridized carbons (Fsp3) is 0.429. The lowest BCUT2D eigenvalue weighted by molar-refractivity contribution is -0.143. The topological polar surface area (TPSA) is 49.9 Å². The second kappa shape index (κ2) is 6.00. The molecule has 1 heterocycles. The second-order valence-electron chi connectivity index (χ2n) is 4.64. The van der Waals surface area contributed by atoms with E-state index < -0.39 is 11.9 Å². The van der Waals surface area contributed by atoms with E-state index in [0.29, 0.717) is 6.54 Å². The standard InChI is InChI=1S/C14H17FN2O3/c1-10-14(19)17(12-6-4-3-5-11(12)15)8-7-16(10)13(18)9-20-2/h3-6,10H,7-9H2,1-2H3. The molecule has 2 amide bonds. The number of piperazine rings is 1. The number of hydrogen-bond donors (Lipinski definition) is 0. The van der Waals surface area contributed by atoms with Crippen LogP contribution in [-0.2, 0) is 14.3 Å². The Labute approximate surface area is 116 Å². The molecule has 0 aromatic heterocycles. The smallest absolute Gasteiger partial charge is 0.249 e. The number of rotatable bonds is 3. The number of halogens is 1. The molecule has 1 aromatic carbocycles. The molecule has 1 unspecified atom stereocenters. The first-order valence-corrected chi connectivity index (χ1v) is 6.40. The van der Waals surface area contributed by atoms with E-state index in [1.165, 1.54) is 23.0 Å². The molecule has 2 rings (SSSR count). The normalized spacial score (nSPS) is 19.4. The average molecular weight is 280 g/mol. The number of benzene rings is 1. The highest BCUT2D eigenvalue weighted by atomic mass is 19.1. The zero-order chi connectivity index (χ0) is 14.7. The first kappa shape index (κ1) is 14.5. The summed E-state index contributed by atoms with van der Waals surface area (Å²) in [6.45, 7) is 2.23. The van der Waals surface area contributed by atoms with Crippen LogP contribution < -0.4 is 4.90 Å². The van der Waals surface area contributed by atoms with Crippen molar-refractivity contribution in [2.24, 2.45) is 0 Å². The summed E-state index contributed by atoms with van der Waals surface area (Å²) in [7, 11) is 1.43. The lowest BCUT2D eigenvalue weighted by Crippen LogP contribution is -2.58. The minimum atomic E-state index is -0.619. The molecule has 0 bridgehead atoms. The van der Waals surface area contributed by atoms with Gasteiger partial charge in [0.1, 0.15) is 18.5 Å². The van der Waals surface area contributed by atoms with E-state index in [-0.39, 0.29) is 30.7 Å². The lowest BCUT2D eigenvalue weighted by atomic mass is 10.1. The van der Waals surface area contributed by atoms with Crippen LogP contribution in [0.15, 0.2) is 24.3 Å². The second-order valence-corrected chi connectivity index (χ2v) is 4.64. The van der Waals surface area contributed by atoms with Crippen molar-refractivity contribution in [1.82, 2.24) is 4.90 Å². The van der Waals surface area contributed by atoms with Gasteiger partial charge in [0.2, 0.25) is 11.8 Å². The van der Waals surface area contributed by atoms with Crippen molar-refractivity contribution in [3.05, 3.63) is 30.1 Å². The molecular formula is C14H17FN2O3. The number of carbonyl (C=O) groups excluding carboxylic acids is 2. The van der Waals surface area contributed by atoms with Crippen LogP contribution in [0.25, 0.3) is 0 Å². The van der Waals surface area contributed by atoms with Crippen molar-refractivity contribution in [1.29, 1.82) is 0 Å². The van der Waals surface area contributed by atoms with Crippen LogP contribution in [0.1, 0.15) is 6.92 Å². The van der Waals surface area contributed by atoms with Gasteiger partial charge < -0.3 is 14.5 Å². The Morgan fingerprint density at radius 1 is 1.40 bits per heavy atom. The van der Waals surface area contributed by atoms with Gasteiger partial charge in [0.15, 0.2) is 0 Å². The van der Waals surface area contributed by atoms with Gasteiger partial charge in [-0.1, -0.05) is 12.1 Å². The number of hydrogen-bond acceptors (Lipinski definition) is 3. The molecule has 1 saturated heterocycles. The van der Waals surface area contributed by atoms with Crippen LogP contribution in [0.4, 0.5) is 10.1 Å². The molecule has 1 aliphatic heterocycles. The van der Waals surface area contributed by atoms with Gasteiger partial charge in [0.05, 0.1) is 5.69 Å². The Balaban J connectivity index is 2.17. The average Bonchev–Trinajstić information content (AvgIpc) is 2.43. The third kappa shape index (κ3) is 2.65. The highest BCUT2D eigenvalue weighted by Crippen LogP contribution is 2.23. The van der Waals surface area contributed by atoms with E-state index >= 15 is 0 Å². The molecule has 0 aliphatic carbocycles. The summed E-state index contributed by atoms with van der Waals surface area (Å²) in [6.07, 6.45) is 0. The quantitative estimate of drug-likeness (QED) is 0.831. The highest BCUT2D eigenvalue weighted by Gasteiger charge is 2.35. The largest absolute Gasteiger partial charge is 0.375 e. The van der Waals surface area contributed by atoms with Crippen molar-refractivity contribution in [2.75, 3.05) is 31.7 Å². The van der Waals surface area contributed by atoms with Crippen LogP contribution in [0.5, 0.6) is 0 Å². The van der Waals surface area contributed by atoms with Crippen LogP contribution >= 0.6 is 0 Å². The molecule has 108 valence electrons. The summed E-state index contributed by atoms with van der Waals surface area (Å²) in [5.41, 5.74) is 0.253. The summed E-state index contributed by atoms with van der Waals surface area (Å²) in [5.74, 6) is -0.961. The summed E-state index contributed by atoms with van der Waals surface area (Å²) < 4.78 is 18.6. The molecule has 1 aromatic rings. The molecule has 20 heavy (non-hydrogen) atoms. The van der Waals surface area contributed by atoms with Gasteiger partial charge in [-0.25, -0.2) is 4.39 Å². The molecule has 1 atom stereocenters. The van der Waals surface area contributed by atoms with Crippen LogP contribution in [-0.4, -0.2) is 49.6 Å². The van der Waals surface area contributed by atoms with Crippen molar-refractivity contribution < 1.29 is 18.7 Å². The molecule has 6 heteroatoms. The zero-order valence-corrected chi connectivity index (χ0v) is 11.5. The van der Waals surface area contributed by atoms with E-state index in [9.17, 15) is 14.0 Å². The predicted octanol–water partition coefficient (Wildman–Crippen LogP) is 1.04. The number of para-hydroxylation sites is 1. The molecule has 0 spiro atoms. The number of nitrogens with zero attached hydrogens (tertiary/aromatic N) is 2. The third-order valence-electron chi connectivity index (χ3n) is 3.39. The van der Waals surface area contributed by atoms with E-state index in [4.69, 9.17) is 4.74 Å². The summed E-state index contributed by atoms with van der Waals surface area (Å²) >= 11 is 0. The maximum absolute atomic E-state index is 13.8. The van der Waals surface area contributed by atoms with Crippen LogP contribution in [0, 0.1) is 5.82 Å². The number of amides is 2. The predicted molar refractivity (Wildman–Crippen MR) is 71.8 cm³/mol. The molecule has 0 N–H and O–H groups in total. The fourth-order valence-corrected chi connectivity index (χ4v) is 2.33. The van der Waals surface area contributed by atoms with Gasteiger partial charge in [-0.15, -0.1) is 0 Å². The number of methoxy groups -OCH3 is 1. The number of carbonyl (C=O) groups is 2. The minimum absolute atomic E-state index is 0.0582. The van der Waals surface area contributed by atoms with E-state index in [0.717, 1.165) is 0 Å². The van der Waals surface area contributed by atoms with Crippen molar-refractivity contribution >= 4 is 17.5 Å². The molecular weight excluding hydrogens is 263 g/mol. The van der Waals surface area contributed by atoms with Gasteiger partial charge in [0, 0.05) is 20.2 Å². The SMILES string of the molecule is COCC(=O)N1CCN(c2ccccc2F)C(=O)C1C. The first-order chi connectivity index (χ1) is 9.56. The molecule has 0 saturated carbocycles. The van der Waals surface area contributed by atoms with Gasteiger partial charge in [0.25, 0.3) is 0 Å². The third-order valence-corrected chi connectivity index (χ3v) is 3.39. The van der Waals surface area contributed by atoms with Crippen LogP contribution in [0.3, 0.4) is 0 Å². The first-order valence-electron chi connectivity index (χ1n) is 6.40. The van der Waals surface area contributed by atoms with Crippen molar-refractivity contribution in [3.8, 4) is 0 Å². The molecule has 1 aliphatic rings. The number of anilines is 1. The minimum Gasteiger partial charge on any atom is -0.375 e.